The molecule has 1 rings (SSSR count). The van der Waals surface area contributed by atoms with Gasteiger partial charge in [0.25, 0.3) is 0 Å². The highest BCUT2D eigenvalue weighted by Gasteiger charge is 2.22. The van der Waals surface area contributed by atoms with Gasteiger partial charge in [-0.05, 0) is 24.7 Å². The van der Waals surface area contributed by atoms with E-state index < -0.39 is 0 Å². The molecule has 0 aromatic rings. The lowest BCUT2D eigenvalue weighted by molar-refractivity contribution is 0.00436. The van der Waals surface area contributed by atoms with Crippen LogP contribution in [0.4, 0.5) is 0 Å². The van der Waals surface area contributed by atoms with Crippen molar-refractivity contribution >= 4 is 0 Å². The van der Waals surface area contributed by atoms with E-state index in [0.717, 1.165) is 26.1 Å². The summed E-state index contributed by atoms with van der Waals surface area (Å²) in [4.78, 5) is 0. The maximum absolute atomic E-state index is 5.63. The number of ether oxygens (including phenoxy) is 4. The zero-order chi connectivity index (χ0) is 13.1. The van der Waals surface area contributed by atoms with Crippen molar-refractivity contribution in [3.8, 4) is 0 Å². The Bertz CT molecular complexity index is 196. The second kappa shape index (κ2) is 10.5. The Morgan fingerprint density at radius 1 is 0.778 bits per heavy atom. The van der Waals surface area contributed by atoms with Crippen molar-refractivity contribution in [2.45, 2.75) is 12.8 Å². The van der Waals surface area contributed by atoms with Gasteiger partial charge in [0.05, 0.1) is 39.6 Å². The zero-order valence-electron chi connectivity index (χ0n) is 11.6. The summed E-state index contributed by atoms with van der Waals surface area (Å²) in [6.07, 6.45) is 6.67. The summed E-state index contributed by atoms with van der Waals surface area (Å²) >= 11 is 0. The largest absolute Gasteiger partial charge is 0.382 e. The molecule has 0 N–H and O–H groups in total. The van der Waals surface area contributed by atoms with Crippen LogP contribution in [0, 0.1) is 11.8 Å². The molecule has 1 aliphatic rings. The van der Waals surface area contributed by atoms with E-state index in [2.05, 4.69) is 12.2 Å². The maximum atomic E-state index is 5.63. The van der Waals surface area contributed by atoms with Crippen molar-refractivity contribution < 1.29 is 18.9 Å². The van der Waals surface area contributed by atoms with Crippen molar-refractivity contribution in [2.75, 3.05) is 53.9 Å². The number of allylic oxidation sites excluding steroid dienone is 2. The molecule has 4 nitrogen and oxygen atoms in total. The zero-order valence-corrected chi connectivity index (χ0v) is 11.6. The first kappa shape index (κ1) is 15.6. The molecule has 0 heterocycles. The molecule has 0 saturated heterocycles. The molecular formula is C14H26O4. The fourth-order valence-corrected chi connectivity index (χ4v) is 2.09. The minimum absolute atomic E-state index is 0.564. The van der Waals surface area contributed by atoms with E-state index in [4.69, 9.17) is 18.9 Å². The molecule has 0 spiro atoms. The van der Waals surface area contributed by atoms with E-state index >= 15 is 0 Å². The normalized spacial score (nSPS) is 23.4. The third kappa shape index (κ3) is 6.50. The van der Waals surface area contributed by atoms with Crippen LogP contribution >= 0.6 is 0 Å². The van der Waals surface area contributed by atoms with Gasteiger partial charge in [-0.15, -0.1) is 0 Å². The van der Waals surface area contributed by atoms with Crippen LogP contribution in [0.5, 0.6) is 0 Å². The molecule has 0 saturated carbocycles. The van der Waals surface area contributed by atoms with Crippen molar-refractivity contribution in [1.29, 1.82) is 0 Å². The van der Waals surface area contributed by atoms with E-state index in [1.807, 2.05) is 0 Å². The summed E-state index contributed by atoms with van der Waals surface area (Å²) in [7, 11) is 3.39. The van der Waals surface area contributed by atoms with E-state index in [-0.39, 0.29) is 0 Å². The fourth-order valence-electron chi connectivity index (χ4n) is 2.09. The van der Waals surface area contributed by atoms with Crippen LogP contribution in [0.25, 0.3) is 0 Å². The molecule has 0 bridgehead atoms. The quantitative estimate of drug-likeness (QED) is 0.443. The molecule has 106 valence electrons. The van der Waals surface area contributed by atoms with Gasteiger partial charge in [0.2, 0.25) is 0 Å². The van der Waals surface area contributed by atoms with Gasteiger partial charge in [-0.25, -0.2) is 0 Å². The predicted octanol–water partition coefficient (Wildman–Crippen LogP) is 1.89. The summed E-state index contributed by atoms with van der Waals surface area (Å²) in [5.74, 6) is 1.13. The first-order valence-corrected chi connectivity index (χ1v) is 6.66. The number of hydrogen-bond donors (Lipinski definition) is 0. The Labute approximate surface area is 110 Å². The highest BCUT2D eigenvalue weighted by atomic mass is 16.5. The SMILES string of the molecule is COCCOCC1CC=CCC1COCCOC. The van der Waals surface area contributed by atoms with Crippen molar-refractivity contribution in [1.82, 2.24) is 0 Å². The highest BCUT2D eigenvalue weighted by molar-refractivity contribution is 4.94. The van der Waals surface area contributed by atoms with E-state index in [1.54, 1.807) is 14.2 Å². The van der Waals surface area contributed by atoms with Crippen molar-refractivity contribution in [3.05, 3.63) is 12.2 Å². The second-order valence-electron chi connectivity index (χ2n) is 4.60. The highest BCUT2D eigenvalue weighted by Crippen LogP contribution is 2.26. The maximum Gasteiger partial charge on any atom is 0.0700 e. The van der Waals surface area contributed by atoms with Gasteiger partial charge in [-0.2, -0.15) is 0 Å². The van der Waals surface area contributed by atoms with Crippen LogP contribution in [0.15, 0.2) is 12.2 Å². The van der Waals surface area contributed by atoms with Gasteiger partial charge < -0.3 is 18.9 Å². The van der Waals surface area contributed by atoms with Gasteiger partial charge in [-0.3, -0.25) is 0 Å². The Hall–Kier alpha value is -0.420. The average Bonchev–Trinajstić information content (AvgIpc) is 2.41. The molecule has 0 fully saturated rings. The first-order chi connectivity index (χ1) is 8.88. The molecule has 2 unspecified atom stereocenters. The van der Waals surface area contributed by atoms with Crippen LogP contribution in [0.2, 0.25) is 0 Å². The van der Waals surface area contributed by atoms with Gasteiger partial charge in [0.1, 0.15) is 0 Å². The third-order valence-corrected chi connectivity index (χ3v) is 3.24. The summed E-state index contributed by atoms with van der Waals surface area (Å²) in [6.45, 7) is 4.27. The Morgan fingerprint density at radius 2 is 1.22 bits per heavy atom. The van der Waals surface area contributed by atoms with E-state index in [9.17, 15) is 0 Å². The van der Waals surface area contributed by atoms with Gasteiger partial charge in [0, 0.05) is 14.2 Å². The Morgan fingerprint density at radius 3 is 1.61 bits per heavy atom. The Kier molecular flexibility index (Phi) is 9.12. The van der Waals surface area contributed by atoms with Crippen molar-refractivity contribution in [3.63, 3.8) is 0 Å². The molecule has 0 aromatic carbocycles. The Balaban J connectivity index is 2.18. The van der Waals surface area contributed by atoms with Gasteiger partial charge >= 0.3 is 0 Å². The minimum Gasteiger partial charge on any atom is -0.382 e. The molecule has 0 amide bonds. The van der Waals surface area contributed by atoms with Crippen molar-refractivity contribution in [2.24, 2.45) is 11.8 Å². The van der Waals surface area contributed by atoms with Crippen LogP contribution in [-0.2, 0) is 18.9 Å². The summed E-state index contributed by atoms with van der Waals surface area (Å²) in [6, 6.07) is 0. The molecule has 4 heteroatoms. The topological polar surface area (TPSA) is 36.9 Å². The smallest absolute Gasteiger partial charge is 0.0700 e. The number of hydrogen-bond acceptors (Lipinski definition) is 4. The van der Waals surface area contributed by atoms with Gasteiger partial charge in [-0.1, -0.05) is 12.2 Å². The third-order valence-electron chi connectivity index (χ3n) is 3.24. The lowest BCUT2D eigenvalue weighted by Crippen LogP contribution is -2.27. The number of rotatable bonds is 10. The molecule has 0 aromatic heterocycles. The lowest BCUT2D eigenvalue weighted by Gasteiger charge is -2.28. The molecule has 1 aliphatic carbocycles. The minimum atomic E-state index is 0.564. The standard InChI is InChI=1S/C14H26O4/c1-15-7-9-17-11-13-5-3-4-6-14(13)12-18-10-8-16-2/h3-4,13-14H,5-12H2,1-2H3. The molecule has 2 atom stereocenters. The molecule has 0 aliphatic heterocycles. The van der Waals surface area contributed by atoms with Crippen LogP contribution in [0.1, 0.15) is 12.8 Å². The molecular weight excluding hydrogens is 232 g/mol. The fraction of sp³-hybridized carbons (Fsp3) is 0.857. The summed E-state index contributed by atoms with van der Waals surface area (Å²) in [5, 5.41) is 0. The predicted molar refractivity (Wildman–Crippen MR) is 70.7 cm³/mol. The molecule has 0 radical (unpaired) electrons. The average molecular weight is 258 g/mol. The summed E-state index contributed by atoms with van der Waals surface area (Å²) < 4.78 is 21.2. The van der Waals surface area contributed by atoms with Crippen LogP contribution in [0.3, 0.4) is 0 Å². The van der Waals surface area contributed by atoms with Crippen LogP contribution in [-0.4, -0.2) is 53.9 Å². The monoisotopic (exact) mass is 258 g/mol. The lowest BCUT2D eigenvalue weighted by atomic mass is 9.84. The van der Waals surface area contributed by atoms with Crippen LogP contribution < -0.4 is 0 Å². The van der Waals surface area contributed by atoms with E-state index in [0.29, 0.717) is 38.3 Å². The molecule has 18 heavy (non-hydrogen) atoms. The van der Waals surface area contributed by atoms with Gasteiger partial charge in [0.15, 0.2) is 0 Å². The van der Waals surface area contributed by atoms with E-state index in [1.165, 1.54) is 0 Å². The first-order valence-electron chi connectivity index (χ1n) is 6.66. The summed E-state index contributed by atoms with van der Waals surface area (Å²) in [5.41, 5.74) is 0. The number of methoxy groups -OCH3 is 2. The second-order valence-corrected chi connectivity index (χ2v) is 4.60.